The molecule has 120 valence electrons. The zero-order chi connectivity index (χ0) is 16.2. The summed E-state index contributed by atoms with van der Waals surface area (Å²) in [5.74, 6) is -0.571. The summed E-state index contributed by atoms with van der Waals surface area (Å²) in [6.07, 6.45) is 1.63. The van der Waals surface area contributed by atoms with E-state index in [2.05, 4.69) is 5.32 Å². The van der Waals surface area contributed by atoms with Crippen LogP contribution in [-0.2, 0) is 16.0 Å². The van der Waals surface area contributed by atoms with E-state index >= 15 is 0 Å². The molecule has 1 N–H and O–H groups in total. The van der Waals surface area contributed by atoms with Gasteiger partial charge in [-0.25, -0.2) is 4.39 Å². The second-order valence-corrected chi connectivity index (χ2v) is 5.66. The minimum absolute atomic E-state index is 0.0825. The van der Waals surface area contributed by atoms with Crippen LogP contribution in [0.15, 0.2) is 24.3 Å². The number of amides is 2. The molecule has 5 heteroatoms. The topological polar surface area (TPSA) is 49.4 Å². The van der Waals surface area contributed by atoms with Crippen molar-refractivity contribution in [1.82, 2.24) is 10.2 Å². The number of carbonyl (C=O) groups is 2. The van der Waals surface area contributed by atoms with Crippen molar-refractivity contribution in [2.75, 3.05) is 19.6 Å². The third-order valence-corrected chi connectivity index (χ3v) is 4.28. The number of halogens is 1. The van der Waals surface area contributed by atoms with Crippen molar-refractivity contribution >= 4 is 11.8 Å². The van der Waals surface area contributed by atoms with Crippen LogP contribution in [0.3, 0.4) is 0 Å². The van der Waals surface area contributed by atoms with E-state index in [0.29, 0.717) is 44.5 Å². The SMILES string of the molecule is CCN(CC)C(=O)C1(C(=O)NCCc2ccccc2F)CC1. The molecule has 22 heavy (non-hydrogen) atoms. The lowest BCUT2D eigenvalue weighted by molar-refractivity contribution is -0.143. The molecule has 1 aliphatic rings. The standard InChI is InChI=1S/C17H23FN2O2/c1-3-20(4-2)16(22)17(10-11-17)15(21)19-12-9-13-7-5-6-8-14(13)18/h5-8H,3-4,9-12H2,1-2H3,(H,19,21). The zero-order valence-corrected chi connectivity index (χ0v) is 13.2. The average Bonchev–Trinajstić information content (AvgIpc) is 3.32. The van der Waals surface area contributed by atoms with Gasteiger partial charge in [0.2, 0.25) is 11.8 Å². The van der Waals surface area contributed by atoms with Crippen LogP contribution in [-0.4, -0.2) is 36.3 Å². The van der Waals surface area contributed by atoms with Crippen molar-refractivity contribution in [3.8, 4) is 0 Å². The summed E-state index contributed by atoms with van der Waals surface area (Å²) in [4.78, 5) is 26.4. The molecule has 0 aliphatic heterocycles. The summed E-state index contributed by atoms with van der Waals surface area (Å²) < 4.78 is 13.5. The van der Waals surface area contributed by atoms with Gasteiger partial charge < -0.3 is 10.2 Å². The highest BCUT2D eigenvalue weighted by Gasteiger charge is 2.57. The van der Waals surface area contributed by atoms with Gasteiger partial charge in [0.05, 0.1) is 0 Å². The minimum atomic E-state index is -0.874. The molecule has 0 atom stereocenters. The van der Waals surface area contributed by atoms with E-state index in [-0.39, 0.29) is 17.6 Å². The normalized spacial score (nSPS) is 15.2. The van der Waals surface area contributed by atoms with Gasteiger partial charge in [0, 0.05) is 19.6 Å². The van der Waals surface area contributed by atoms with Crippen molar-refractivity contribution in [2.24, 2.45) is 5.41 Å². The third-order valence-electron chi connectivity index (χ3n) is 4.28. The van der Waals surface area contributed by atoms with Crippen LogP contribution >= 0.6 is 0 Å². The van der Waals surface area contributed by atoms with Crippen LogP contribution in [0.5, 0.6) is 0 Å². The molecule has 0 heterocycles. The molecule has 1 saturated carbocycles. The lowest BCUT2D eigenvalue weighted by Gasteiger charge is -2.24. The maximum Gasteiger partial charge on any atom is 0.238 e. The molecule has 2 amide bonds. The molecule has 4 nitrogen and oxygen atoms in total. The summed E-state index contributed by atoms with van der Waals surface area (Å²) in [7, 11) is 0. The van der Waals surface area contributed by atoms with Gasteiger partial charge in [0.25, 0.3) is 0 Å². The Bertz CT molecular complexity index is 551. The Morgan fingerprint density at radius 2 is 1.86 bits per heavy atom. The molecule has 0 saturated heterocycles. The van der Waals surface area contributed by atoms with E-state index in [0.717, 1.165) is 0 Å². The highest BCUT2D eigenvalue weighted by Crippen LogP contribution is 2.47. The number of rotatable bonds is 7. The van der Waals surface area contributed by atoms with Gasteiger partial charge in [-0.3, -0.25) is 9.59 Å². The summed E-state index contributed by atoms with van der Waals surface area (Å²) in [6, 6.07) is 6.52. The van der Waals surface area contributed by atoms with E-state index in [1.165, 1.54) is 6.07 Å². The molecular formula is C17H23FN2O2. The van der Waals surface area contributed by atoms with Gasteiger partial charge in [-0.05, 0) is 44.7 Å². The molecule has 0 spiro atoms. The second kappa shape index (κ2) is 6.90. The highest BCUT2D eigenvalue weighted by atomic mass is 19.1. The molecule has 1 fully saturated rings. The Morgan fingerprint density at radius 1 is 1.23 bits per heavy atom. The summed E-state index contributed by atoms with van der Waals surface area (Å²) in [5, 5.41) is 2.79. The van der Waals surface area contributed by atoms with Crippen molar-refractivity contribution < 1.29 is 14.0 Å². The van der Waals surface area contributed by atoms with Gasteiger partial charge in [0.15, 0.2) is 0 Å². The largest absolute Gasteiger partial charge is 0.355 e. The molecule has 0 unspecified atom stereocenters. The monoisotopic (exact) mass is 306 g/mol. The van der Waals surface area contributed by atoms with Crippen molar-refractivity contribution in [1.29, 1.82) is 0 Å². The predicted octanol–water partition coefficient (Wildman–Crippen LogP) is 2.13. The van der Waals surface area contributed by atoms with Crippen molar-refractivity contribution in [3.05, 3.63) is 35.6 Å². The Labute approximate surface area is 130 Å². The van der Waals surface area contributed by atoms with Gasteiger partial charge >= 0.3 is 0 Å². The van der Waals surface area contributed by atoms with E-state index in [1.54, 1.807) is 23.1 Å². The zero-order valence-electron chi connectivity index (χ0n) is 13.2. The van der Waals surface area contributed by atoms with E-state index in [4.69, 9.17) is 0 Å². The number of hydrogen-bond acceptors (Lipinski definition) is 2. The maximum absolute atomic E-state index is 13.5. The molecule has 1 aromatic rings. The lowest BCUT2D eigenvalue weighted by atomic mass is 10.0. The number of benzene rings is 1. The molecule has 2 rings (SSSR count). The van der Waals surface area contributed by atoms with Crippen LogP contribution < -0.4 is 5.32 Å². The second-order valence-electron chi connectivity index (χ2n) is 5.66. The van der Waals surface area contributed by atoms with E-state index in [9.17, 15) is 14.0 Å². The number of carbonyl (C=O) groups excluding carboxylic acids is 2. The Kier molecular flexibility index (Phi) is 5.16. The Morgan fingerprint density at radius 3 is 2.41 bits per heavy atom. The summed E-state index contributed by atoms with van der Waals surface area (Å²) in [5.41, 5.74) is -0.302. The molecule has 0 radical (unpaired) electrons. The van der Waals surface area contributed by atoms with Crippen LogP contribution in [0, 0.1) is 11.2 Å². The summed E-state index contributed by atoms with van der Waals surface area (Å²) in [6.45, 7) is 5.38. The first-order valence-corrected chi connectivity index (χ1v) is 7.86. The van der Waals surface area contributed by atoms with Crippen LogP contribution in [0.2, 0.25) is 0 Å². The average molecular weight is 306 g/mol. The van der Waals surface area contributed by atoms with Gasteiger partial charge in [0.1, 0.15) is 11.2 Å². The number of hydrogen-bond donors (Lipinski definition) is 1. The molecule has 1 aliphatic carbocycles. The van der Waals surface area contributed by atoms with E-state index < -0.39 is 5.41 Å². The van der Waals surface area contributed by atoms with Crippen LogP contribution in [0.4, 0.5) is 4.39 Å². The number of nitrogens with zero attached hydrogens (tertiary/aromatic N) is 1. The fraction of sp³-hybridized carbons (Fsp3) is 0.529. The minimum Gasteiger partial charge on any atom is -0.355 e. The third kappa shape index (κ3) is 3.29. The summed E-state index contributed by atoms with van der Waals surface area (Å²) >= 11 is 0. The first-order valence-electron chi connectivity index (χ1n) is 7.86. The van der Waals surface area contributed by atoms with Crippen LogP contribution in [0.1, 0.15) is 32.3 Å². The number of nitrogens with one attached hydrogen (secondary N) is 1. The fourth-order valence-electron chi connectivity index (χ4n) is 2.66. The first kappa shape index (κ1) is 16.5. The smallest absolute Gasteiger partial charge is 0.238 e. The Hall–Kier alpha value is -1.91. The molecule has 0 bridgehead atoms. The first-order chi connectivity index (χ1) is 10.5. The molecule has 0 aromatic heterocycles. The Balaban J connectivity index is 1.90. The molecular weight excluding hydrogens is 283 g/mol. The quantitative estimate of drug-likeness (QED) is 0.785. The van der Waals surface area contributed by atoms with Gasteiger partial charge in [-0.15, -0.1) is 0 Å². The van der Waals surface area contributed by atoms with Gasteiger partial charge in [-0.1, -0.05) is 18.2 Å². The van der Waals surface area contributed by atoms with E-state index in [1.807, 2.05) is 13.8 Å². The van der Waals surface area contributed by atoms with Crippen molar-refractivity contribution in [2.45, 2.75) is 33.1 Å². The lowest BCUT2D eigenvalue weighted by Crippen LogP contribution is -2.45. The molecule has 1 aromatic carbocycles. The van der Waals surface area contributed by atoms with Gasteiger partial charge in [-0.2, -0.15) is 0 Å². The van der Waals surface area contributed by atoms with Crippen LogP contribution in [0.25, 0.3) is 0 Å². The van der Waals surface area contributed by atoms with Crippen molar-refractivity contribution in [3.63, 3.8) is 0 Å². The maximum atomic E-state index is 13.5. The highest BCUT2D eigenvalue weighted by molar-refractivity contribution is 6.07. The fourth-order valence-corrected chi connectivity index (χ4v) is 2.66. The predicted molar refractivity (Wildman–Crippen MR) is 82.7 cm³/mol.